The molecule has 1 aliphatic heterocycles. The number of ether oxygens (including phenoxy) is 1. The summed E-state index contributed by atoms with van der Waals surface area (Å²) < 4.78 is 5.80. The number of hydrogen-bond donors (Lipinski definition) is 1. The number of fused-ring (bicyclic) bond motifs is 1. The Hall–Kier alpha value is -2.89. The predicted octanol–water partition coefficient (Wildman–Crippen LogP) is 5.22. The minimum Gasteiger partial charge on any atom is -0.492 e. The summed E-state index contributed by atoms with van der Waals surface area (Å²) in [4.78, 5) is 7.00. The molecule has 0 spiro atoms. The smallest absolute Gasteiger partial charge is 0.137 e. The Morgan fingerprint density at radius 2 is 2.03 bits per heavy atom. The summed E-state index contributed by atoms with van der Waals surface area (Å²) in [5, 5.41) is 9.66. The summed E-state index contributed by atoms with van der Waals surface area (Å²) in [6, 6.07) is 20.3. The van der Waals surface area contributed by atoms with Crippen molar-refractivity contribution in [1.29, 1.82) is 0 Å². The van der Waals surface area contributed by atoms with Crippen LogP contribution < -0.4 is 4.74 Å². The third-order valence-corrected chi connectivity index (χ3v) is 6.25. The maximum absolute atomic E-state index is 6.15. The number of halogens is 1. The maximum Gasteiger partial charge on any atom is 0.137 e. The lowest BCUT2D eigenvalue weighted by atomic mass is 10.0. The zero-order chi connectivity index (χ0) is 21.0. The normalized spacial score (nSPS) is 16.7. The van der Waals surface area contributed by atoms with Crippen LogP contribution in [0.4, 0.5) is 0 Å². The van der Waals surface area contributed by atoms with Crippen molar-refractivity contribution in [3.63, 3.8) is 0 Å². The second-order valence-corrected chi connectivity index (χ2v) is 8.46. The van der Waals surface area contributed by atoms with Gasteiger partial charge in [-0.15, -0.1) is 0 Å². The van der Waals surface area contributed by atoms with Crippen LogP contribution in [-0.2, 0) is 13.0 Å². The number of nitrogens with zero attached hydrogens (tertiary/aromatic N) is 3. The van der Waals surface area contributed by atoms with Crippen molar-refractivity contribution in [3.8, 4) is 5.75 Å². The Morgan fingerprint density at radius 1 is 1.10 bits per heavy atom. The molecule has 1 aliphatic rings. The van der Waals surface area contributed by atoms with Gasteiger partial charge in [0, 0.05) is 42.7 Å². The zero-order valence-corrected chi connectivity index (χ0v) is 18.1. The minimum absolute atomic E-state index is 0.461. The molecule has 1 N–H and O–H groups in total. The molecule has 0 bridgehead atoms. The van der Waals surface area contributed by atoms with Crippen molar-refractivity contribution in [3.05, 3.63) is 88.8 Å². The lowest BCUT2D eigenvalue weighted by Crippen LogP contribution is -2.20. The van der Waals surface area contributed by atoms with Crippen LogP contribution in [0, 0.1) is 0 Å². The number of nitrogens with one attached hydrogen (secondary N) is 1. The quantitative estimate of drug-likeness (QED) is 0.435. The molecular weight excluding hydrogens is 408 g/mol. The van der Waals surface area contributed by atoms with Crippen molar-refractivity contribution in [2.24, 2.45) is 0 Å². The number of hydrogen-bond acceptors (Lipinski definition) is 4. The molecule has 158 valence electrons. The highest BCUT2D eigenvalue weighted by Gasteiger charge is 2.26. The fourth-order valence-electron chi connectivity index (χ4n) is 4.31. The molecule has 1 saturated heterocycles. The molecule has 4 aromatic rings. The molecule has 3 heterocycles. The summed E-state index contributed by atoms with van der Waals surface area (Å²) in [7, 11) is 0. The fourth-order valence-corrected chi connectivity index (χ4v) is 4.50. The molecule has 1 atom stereocenters. The number of para-hydroxylation sites is 1. The van der Waals surface area contributed by atoms with E-state index in [2.05, 4.69) is 50.4 Å². The lowest BCUT2D eigenvalue weighted by Gasteiger charge is -2.17. The van der Waals surface area contributed by atoms with Crippen LogP contribution >= 0.6 is 11.6 Å². The van der Waals surface area contributed by atoms with Crippen LogP contribution in [0.1, 0.15) is 29.3 Å². The van der Waals surface area contributed by atoms with Gasteiger partial charge in [0.25, 0.3) is 0 Å². The largest absolute Gasteiger partial charge is 0.492 e. The minimum atomic E-state index is 0.461. The Bertz CT molecular complexity index is 1170. The van der Waals surface area contributed by atoms with Gasteiger partial charge in [-0.05, 0) is 48.9 Å². The van der Waals surface area contributed by atoms with E-state index in [0.717, 1.165) is 55.1 Å². The Morgan fingerprint density at radius 3 is 2.97 bits per heavy atom. The summed E-state index contributed by atoms with van der Waals surface area (Å²) in [6.45, 7) is 3.62. The molecule has 5 nitrogen and oxygen atoms in total. The standard InChI is InChI=1S/C25H25ClN4O/c26-22-7-1-2-9-25(22)31-14-11-20-15-24(29-28-20)19-10-13-30(17-19)16-18-5-3-8-23-21(18)6-4-12-27-23/h1-9,12,15,19H,10-11,13-14,16-17H2,(H,28,29)/t19-/m0/s1. The van der Waals surface area contributed by atoms with E-state index in [1.165, 1.54) is 10.9 Å². The predicted molar refractivity (Wildman–Crippen MR) is 124 cm³/mol. The first-order valence-electron chi connectivity index (χ1n) is 10.7. The molecule has 2 aromatic heterocycles. The zero-order valence-electron chi connectivity index (χ0n) is 17.3. The van der Waals surface area contributed by atoms with E-state index in [4.69, 9.17) is 16.3 Å². The molecule has 6 heteroatoms. The van der Waals surface area contributed by atoms with Crippen LogP contribution in [0.25, 0.3) is 10.9 Å². The number of H-pyrrole nitrogens is 1. The van der Waals surface area contributed by atoms with Crippen molar-refractivity contribution >= 4 is 22.5 Å². The Kier molecular flexibility index (Phi) is 5.87. The van der Waals surface area contributed by atoms with Gasteiger partial charge in [-0.1, -0.05) is 41.9 Å². The topological polar surface area (TPSA) is 54.0 Å². The first kappa shape index (κ1) is 20.0. The van der Waals surface area contributed by atoms with Crippen LogP contribution in [0.2, 0.25) is 5.02 Å². The van der Waals surface area contributed by atoms with Crippen LogP contribution in [0.5, 0.6) is 5.75 Å². The molecule has 0 saturated carbocycles. The monoisotopic (exact) mass is 432 g/mol. The van der Waals surface area contributed by atoms with E-state index in [1.807, 2.05) is 36.5 Å². The number of pyridine rings is 1. The first-order chi connectivity index (χ1) is 15.3. The van der Waals surface area contributed by atoms with E-state index in [9.17, 15) is 0 Å². The summed E-state index contributed by atoms with van der Waals surface area (Å²) in [5.74, 6) is 1.18. The van der Waals surface area contributed by atoms with Gasteiger partial charge >= 0.3 is 0 Å². The van der Waals surface area contributed by atoms with Crippen molar-refractivity contribution in [2.45, 2.75) is 25.3 Å². The second-order valence-electron chi connectivity index (χ2n) is 8.05. The number of rotatable bonds is 7. The van der Waals surface area contributed by atoms with Crippen molar-refractivity contribution in [1.82, 2.24) is 20.1 Å². The molecule has 0 unspecified atom stereocenters. The van der Waals surface area contributed by atoms with Gasteiger partial charge in [0.05, 0.1) is 22.8 Å². The van der Waals surface area contributed by atoms with Crippen LogP contribution in [-0.4, -0.2) is 39.8 Å². The molecule has 2 aromatic carbocycles. The van der Waals surface area contributed by atoms with Crippen LogP contribution in [0.3, 0.4) is 0 Å². The van der Waals surface area contributed by atoms with E-state index < -0.39 is 0 Å². The maximum atomic E-state index is 6.15. The lowest BCUT2D eigenvalue weighted by molar-refractivity contribution is 0.320. The number of likely N-dealkylation sites (tertiary alicyclic amines) is 1. The Balaban J connectivity index is 1.17. The SMILES string of the molecule is Clc1ccccc1OCCc1cc([C@H]2CCN(Cc3cccc4ncccc34)C2)n[nH]1. The van der Waals surface area contributed by atoms with Crippen molar-refractivity contribution < 1.29 is 4.74 Å². The van der Waals surface area contributed by atoms with Gasteiger partial charge in [-0.2, -0.15) is 5.10 Å². The molecule has 0 amide bonds. The number of benzene rings is 2. The Labute approximate surface area is 187 Å². The molecule has 0 aliphatic carbocycles. The average Bonchev–Trinajstić information content (AvgIpc) is 3.45. The highest BCUT2D eigenvalue weighted by atomic mass is 35.5. The van der Waals surface area contributed by atoms with Gasteiger partial charge in [-0.25, -0.2) is 0 Å². The third kappa shape index (κ3) is 4.58. The van der Waals surface area contributed by atoms with Crippen LogP contribution in [0.15, 0.2) is 66.9 Å². The summed E-state index contributed by atoms with van der Waals surface area (Å²) >= 11 is 6.15. The van der Waals surface area contributed by atoms with Gasteiger partial charge in [0.15, 0.2) is 0 Å². The first-order valence-corrected chi connectivity index (χ1v) is 11.1. The molecule has 1 fully saturated rings. The average molecular weight is 433 g/mol. The summed E-state index contributed by atoms with van der Waals surface area (Å²) in [5.41, 5.74) is 4.65. The second kappa shape index (κ2) is 9.08. The van der Waals surface area contributed by atoms with Crippen molar-refractivity contribution in [2.75, 3.05) is 19.7 Å². The third-order valence-electron chi connectivity index (χ3n) is 5.94. The van der Waals surface area contributed by atoms with E-state index in [0.29, 0.717) is 17.5 Å². The van der Waals surface area contributed by atoms with E-state index >= 15 is 0 Å². The van der Waals surface area contributed by atoms with Gasteiger partial charge in [0.2, 0.25) is 0 Å². The van der Waals surface area contributed by atoms with E-state index in [-0.39, 0.29) is 0 Å². The fraction of sp³-hybridized carbons (Fsp3) is 0.280. The van der Waals surface area contributed by atoms with E-state index in [1.54, 1.807) is 0 Å². The van der Waals surface area contributed by atoms with Gasteiger partial charge in [0.1, 0.15) is 5.75 Å². The highest BCUT2D eigenvalue weighted by molar-refractivity contribution is 6.32. The summed E-state index contributed by atoms with van der Waals surface area (Å²) in [6.07, 6.45) is 3.76. The molecule has 0 radical (unpaired) electrons. The number of aromatic amines is 1. The molecule has 5 rings (SSSR count). The number of aromatic nitrogens is 3. The van der Waals surface area contributed by atoms with Gasteiger partial charge in [-0.3, -0.25) is 15.0 Å². The molecular formula is C25H25ClN4O. The highest BCUT2D eigenvalue weighted by Crippen LogP contribution is 2.29. The molecule has 31 heavy (non-hydrogen) atoms. The van der Waals surface area contributed by atoms with Gasteiger partial charge < -0.3 is 4.74 Å².